The van der Waals surface area contributed by atoms with Crippen LogP contribution in [0.25, 0.3) is 0 Å². The van der Waals surface area contributed by atoms with Gasteiger partial charge in [-0.2, -0.15) is 0 Å². The fourth-order valence-corrected chi connectivity index (χ4v) is 7.28. The first-order valence-electron chi connectivity index (χ1n) is 11.1. The third-order valence-electron chi connectivity index (χ3n) is 8.71. The molecule has 1 aromatic rings. The molecule has 1 heterocycles. The third kappa shape index (κ3) is 2.79. The van der Waals surface area contributed by atoms with E-state index in [-0.39, 0.29) is 11.8 Å². The SMILES string of the molecule is CC(=O)O[C@H]1CC(C)(C)[C@]2(O)CC[C@H]3[C@@H](C)c4ccoc4C[C@@H]3[C@@]2(C)[C@H]1OC(C)=O. The standard InChI is InChI=1S/C24H34O6/c1-13-16-7-9-24(27)22(4,5)12-20(29-14(2)25)21(30-15(3)26)23(24,6)18(16)11-19-17(13)8-10-28-19/h8,10,13,16,18,20-21,27H,7,9,11-12H2,1-6H3/t13-,16+,18+,20+,21+,23+,24-/m1/s1. The molecule has 0 aromatic carbocycles. The van der Waals surface area contributed by atoms with E-state index in [1.54, 1.807) is 6.26 Å². The van der Waals surface area contributed by atoms with Crippen molar-refractivity contribution >= 4 is 11.9 Å². The summed E-state index contributed by atoms with van der Waals surface area (Å²) in [6.07, 6.45) is 3.07. The summed E-state index contributed by atoms with van der Waals surface area (Å²) in [7, 11) is 0. The van der Waals surface area contributed by atoms with Crippen molar-refractivity contribution in [2.24, 2.45) is 22.7 Å². The molecule has 0 bridgehead atoms. The van der Waals surface area contributed by atoms with Crippen LogP contribution in [0.2, 0.25) is 0 Å². The minimum atomic E-state index is -1.07. The molecular formula is C24H34O6. The van der Waals surface area contributed by atoms with E-state index in [0.29, 0.717) is 25.2 Å². The number of fused-ring (bicyclic) bond motifs is 4. The van der Waals surface area contributed by atoms with Crippen molar-refractivity contribution in [3.05, 3.63) is 23.7 Å². The molecule has 0 spiro atoms. The summed E-state index contributed by atoms with van der Waals surface area (Å²) in [6, 6.07) is 2.05. The first-order chi connectivity index (χ1) is 13.9. The number of carbonyl (C=O) groups is 2. The van der Waals surface area contributed by atoms with Gasteiger partial charge in [0.05, 0.1) is 11.9 Å². The summed E-state index contributed by atoms with van der Waals surface area (Å²) < 4.78 is 17.4. The second-order valence-corrected chi connectivity index (χ2v) is 10.5. The molecule has 0 amide bonds. The van der Waals surface area contributed by atoms with E-state index in [1.165, 1.54) is 19.4 Å². The van der Waals surface area contributed by atoms with Gasteiger partial charge in [-0.25, -0.2) is 0 Å². The van der Waals surface area contributed by atoms with E-state index in [1.807, 2.05) is 20.8 Å². The van der Waals surface area contributed by atoms with Crippen LogP contribution < -0.4 is 0 Å². The molecule has 7 atom stereocenters. The summed E-state index contributed by atoms with van der Waals surface area (Å²) in [6.45, 7) is 11.1. The number of esters is 2. The Hall–Kier alpha value is -1.82. The fourth-order valence-electron chi connectivity index (χ4n) is 7.28. The maximum atomic E-state index is 12.3. The van der Waals surface area contributed by atoms with Gasteiger partial charge >= 0.3 is 11.9 Å². The Balaban J connectivity index is 1.88. The van der Waals surface area contributed by atoms with Gasteiger partial charge in [0, 0.05) is 25.7 Å². The molecule has 2 fully saturated rings. The van der Waals surface area contributed by atoms with Gasteiger partial charge in [0.2, 0.25) is 0 Å². The molecule has 1 N–H and O–H groups in total. The quantitative estimate of drug-likeness (QED) is 0.731. The van der Waals surface area contributed by atoms with Crippen molar-refractivity contribution in [3.8, 4) is 0 Å². The largest absolute Gasteiger partial charge is 0.469 e. The molecule has 1 aromatic heterocycles. The number of aliphatic hydroxyl groups is 1. The molecule has 0 unspecified atom stereocenters. The van der Waals surface area contributed by atoms with Crippen LogP contribution in [-0.2, 0) is 25.5 Å². The molecule has 0 radical (unpaired) electrons. The zero-order valence-corrected chi connectivity index (χ0v) is 18.9. The van der Waals surface area contributed by atoms with Crippen molar-refractivity contribution in [2.45, 2.75) is 91.0 Å². The van der Waals surface area contributed by atoms with E-state index in [4.69, 9.17) is 13.9 Å². The Labute approximate surface area is 178 Å². The maximum Gasteiger partial charge on any atom is 0.303 e. The smallest absolute Gasteiger partial charge is 0.303 e. The van der Waals surface area contributed by atoms with E-state index >= 15 is 0 Å². The number of hydrogen-bond acceptors (Lipinski definition) is 6. The lowest BCUT2D eigenvalue weighted by atomic mass is 9.40. The van der Waals surface area contributed by atoms with Gasteiger partial charge in [-0.1, -0.05) is 27.7 Å². The highest BCUT2D eigenvalue weighted by Crippen LogP contribution is 2.67. The topological polar surface area (TPSA) is 86.0 Å². The fraction of sp³-hybridized carbons (Fsp3) is 0.750. The van der Waals surface area contributed by atoms with Crippen LogP contribution in [-0.4, -0.2) is 34.9 Å². The number of rotatable bonds is 2. The molecule has 6 nitrogen and oxygen atoms in total. The first kappa shape index (κ1) is 21.4. The van der Waals surface area contributed by atoms with Crippen LogP contribution in [0.1, 0.15) is 78.0 Å². The van der Waals surface area contributed by atoms with Gasteiger partial charge in [0.1, 0.15) is 18.0 Å². The number of ether oxygens (including phenoxy) is 2. The van der Waals surface area contributed by atoms with Gasteiger partial charge in [-0.3, -0.25) is 9.59 Å². The van der Waals surface area contributed by atoms with Crippen LogP contribution in [0.4, 0.5) is 0 Å². The highest BCUT2D eigenvalue weighted by Gasteiger charge is 2.72. The van der Waals surface area contributed by atoms with Crippen molar-refractivity contribution in [1.82, 2.24) is 0 Å². The van der Waals surface area contributed by atoms with Gasteiger partial charge in [-0.05, 0) is 54.1 Å². The highest BCUT2D eigenvalue weighted by molar-refractivity contribution is 5.67. The lowest BCUT2D eigenvalue weighted by Crippen LogP contribution is -2.74. The van der Waals surface area contributed by atoms with Crippen LogP contribution in [0.5, 0.6) is 0 Å². The molecule has 2 saturated carbocycles. The second kappa shape index (κ2) is 6.84. The number of hydrogen-bond donors (Lipinski definition) is 1. The summed E-state index contributed by atoms with van der Waals surface area (Å²) in [5.41, 5.74) is -1.14. The summed E-state index contributed by atoms with van der Waals surface area (Å²) >= 11 is 0. The number of furan rings is 1. The van der Waals surface area contributed by atoms with E-state index in [9.17, 15) is 14.7 Å². The Morgan fingerprint density at radius 2 is 1.83 bits per heavy atom. The molecule has 0 saturated heterocycles. The third-order valence-corrected chi connectivity index (χ3v) is 8.71. The average molecular weight is 419 g/mol. The van der Waals surface area contributed by atoms with Gasteiger partial charge in [0.25, 0.3) is 0 Å². The van der Waals surface area contributed by atoms with Crippen LogP contribution in [0, 0.1) is 22.7 Å². The van der Waals surface area contributed by atoms with Crippen molar-refractivity contribution in [3.63, 3.8) is 0 Å². The summed E-state index contributed by atoms with van der Waals surface area (Å²) in [5, 5.41) is 12.3. The van der Waals surface area contributed by atoms with Crippen LogP contribution in [0.15, 0.2) is 16.7 Å². The minimum absolute atomic E-state index is 0.0342. The molecule has 166 valence electrons. The summed E-state index contributed by atoms with van der Waals surface area (Å²) in [5.74, 6) is 0.763. The first-order valence-corrected chi connectivity index (χ1v) is 11.1. The number of carbonyl (C=O) groups excluding carboxylic acids is 2. The molecule has 6 heteroatoms. The minimum Gasteiger partial charge on any atom is -0.469 e. The second-order valence-electron chi connectivity index (χ2n) is 10.5. The van der Waals surface area contributed by atoms with E-state index in [2.05, 4.69) is 13.0 Å². The Kier molecular flexibility index (Phi) is 4.88. The van der Waals surface area contributed by atoms with Crippen molar-refractivity contribution in [1.29, 1.82) is 0 Å². The predicted octanol–water partition coefficient (Wildman–Crippen LogP) is 4.00. The highest BCUT2D eigenvalue weighted by atomic mass is 16.6. The summed E-state index contributed by atoms with van der Waals surface area (Å²) in [4.78, 5) is 24.1. The van der Waals surface area contributed by atoms with Gasteiger partial charge in [0.15, 0.2) is 0 Å². The Bertz CT molecular complexity index is 856. The van der Waals surface area contributed by atoms with Crippen LogP contribution >= 0.6 is 0 Å². The van der Waals surface area contributed by atoms with Crippen LogP contribution in [0.3, 0.4) is 0 Å². The molecule has 3 aliphatic rings. The Morgan fingerprint density at radius 1 is 1.17 bits per heavy atom. The molecule has 0 aliphatic heterocycles. The normalized spacial score (nSPS) is 41.8. The van der Waals surface area contributed by atoms with Crippen molar-refractivity contribution < 1.29 is 28.6 Å². The molecule has 3 aliphatic carbocycles. The monoisotopic (exact) mass is 418 g/mol. The molecular weight excluding hydrogens is 384 g/mol. The zero-order chi connectivity index (χ0) is 22.1. The van der Waals surface area contributed by atoms with Gasteiger partial charge < -0.3 is 19.0 Å². The lowest BCUT2D eigenvalue weighted by Gasteiger charge is -2.68. The maximum absolute atomic E-state index is 12.3. The average Bonchev–Trinajstić information content (AvgIpc) is 3.10. The predicted molar refractivity (Wildman–Crippen MR) is 110 cm³/mol. The Morgan fingerprint density at radius 3 is 2.47 bits per heavy atom. The van der Waals surface area contributed by atoms with Gasteiger partial charge in [-0.15, -0.1) is 0 Å². The molecule has 4 rings (SSSR count). The zero-order valence-electron chi connectivity index (χ0n) is 18.9. The van der Waals surface area contributed by atoms with E-state index < -0.39 is 40.6 Å². The van der Waals surface area contributed by atoms with E-state index in [0.717, 1.165) is 12.2 Å². The lowest BCUT2D eigenvalue weighted by molar-refractivity contribution is -0.303. The molecule has 30 heavy (non-hydrogen) atoms. The van der Waals surface area contributed by atoms with Crippen molar-refractivity contribution in [2.75, 3.05) is 0 Å².